The lowest BCUT2D eigenvalue weighted by Crippen LogP contribution is -2.38. The number of amides is 1. The van der Waals surface area contributed by atoms with Crippen molar-refractivity contribution in [2.24, 2.45) is 0 Å². The van der Waals surface area contributed by atoms with Crippen molar-refractivity contribution in [3.63, 3.8) is 0 Å². The van der Waals surface area contributed by atoms with Gasteiger partial charge in [-0.3, -0.25) is 19.1 Å². The monoisotopic (exact) mass is 427 g/mol. The predicted molar refractivity (Wildman–Crippen MR) is 123 cm³/mol. The van der Waals surface area contributed by atoms with Crippen LogP contribution in [0.3, 0.4) is 0 Å². The molecule has 0 saturated carbocycles. The molecule has 0 atom stereocenters. The molecule has 0 unspecified atom stereocenters. The first kappa shape index (κ1) is 22.1. The zero-order valence-corrected chi connectivity index (χ0v) is 19.3. The molecule has 1 amide bonds. The van der Waals surface area contributed by atoms with Gasteiger partial charge in [0.1, 0.15) is 6.54 Å². The third-order valence-electron chi connectivity index (χ3n) is 5.27. The van der Waals surface area contributed by atoms with Gasteiger partial charge in [0, 0.05) is 17.8 Å². The fourth-order valence-electron chi connectivity index (χ4n) is 3.25. The summed E-state index contributed by atoms with van der Waals surface area (Å²) in [5.74, 6) is -0.157. The van der Waals surface area contributed by atoms with E-state index >= 15 is 0 Å². The Morgan fingerprint density at radius 1 is 1.10 bits per heavy atom. The van der Waals surface area contributed by atoms with E-state index in [0.717, 1.165) is 34.3 Å². The summed E-state index contributed by atoms with van der Waals surface area (Å²) >= 11 is 1.53. The molecule has 1 aromatic carbocycles. The van der Waals surface area contributed by atoms with Gasteiger partial charge in [0.25, 0.3) is 5.56 Å². The Morgan fingerprint density at radius 3 is 2.47 bits per heavy atom. The average molecular weight is 428 g/mol. The molecule has 160 valence electrons. The third-order valence-corrected chi connectivity index (χ3v) is 6.48. The molecular formula is C22H29N5O2S. The second kappa shape index (κ2) is 9.06. The molecule has 8 heteroatoms. The maximum Gasteiger partial charge on any atom is 0.256 e. The number of aromatic nitrogens is 3. The van der Waals surface area contributed by atoms with E-state index in [1.54, 1.807) is 18.7 Å². The summed E-state index contributed by atoms with van der Waals surface area (Å²) in [6.45, 7) is 8.97. The van der Waals surface area contributed by atoms with Crippen LogP contribution in [0.2, 0.25) is 0 Å². The van der Waals surface area contributed by atoms with Crippen molar-refractivity contribution in [3.05, 3.63) is 51.2 Å². The number of carbonyl (C=O) groups is 1. The summed E-state index contributed by atoms with van der Waals surface area (Å²) in [6.07, 6.45) is 2.26. The topological polar surface area (TPSA) is 71.3 Å². The summed E-state index contributed by atoms with van der Waals surface area (Å²) in [7, 11) is 4.02. The lowest BCUT2D eigenvalue weighted by Gasteiger charge is -2.21. The maximum absolute atomic E-state index is 13.3. The molecule has 7 nitrogen and oxygen atoms in total. The van der Waals surface area contributed by atoms with E-state index in [-0.39, 0.29) is 18.0 Å². The Bertz CT molecular complexity index is 1090. The van der Waals surface area contributed by atoms with Crippen LogP contribution in [0.25, 0.3) is 10.2 Å². The predicted octanol–water partition coefficient (Wildman–Crippen LogP) is 3.07. The average Bonchev–Trinajstić information content (AvgIpc) is 3.14. The van der Waals surface area contributed by atoms with Gasteiger partial charge in [0.2, 0.25) is 5.91 Å². The van der Waals surface area contributed by atoms with Crippen molar-refractivity contribution < 1.29 is 4.79 Å². The van der Waals surface area contributed by atoms with Gasteiger partial charge in [-0.2, -0.15) is 0 Å². The summed E-state index contributed by atoms with van der Waals surface area (Å²) in [5.41, 5.74) is 4.24. The van der Waals surface area contributed by atoms with Gasteiger partial charge in [-0.15, -0.1) is 0 Å². The zero-order valence-electron chi connectivity index (χ0n) is 18.5. The van der Waals surface area contributed by atoms with Gasteiger partial charge in [-0.1, -0.05) is 23.5 Å². The minimum atomic E-state index is -0.180. The SMILES string of the molecule is Cc1ncn(CC(=O)N(CCCN(C)C)c2nc3c(C)ccc(C)c3s2)c(=O)c1C. The number of hydrogen-bond acceptors (Lipinski definition) is 6. The van der Waals surface area contributed by atoms with Gasteiger partial charge in [0.15, 0.2) is 5.13 Å². The highest BCUT2D eigenvalue weighted by Gasteiger charge is 2.22. The highest BCUT2D eigenvalue weighted by Crippen LogP contribution is 2.33. The first-order chi connectivity index (χ1) is 14.2. The van der Waals surface area contributed by atoms with Crippen LogP contribution in [0.5, 0.6) is 0 Å². The molecule has 3 rings (SSSR count). The molecular weight excluding hydrogens is 398 g/mol. The van der Waals surface area contributed by atoms with Crippen LogP contribution in [-0.2, 0) is 11.3 Å². The van der Waals surface area contributed by atoms with E-state index in [1.165, 1.54) is 22.2 Å². The number of aryl methyl sites for hydroxylation is 3. The van der Waals surface area contributed by atoms with Crippen molar-refractivity contribution in [2.45, 2.75) is 40.7 Å². The fourth-order valence-corrected chi connectivity index (χ4v) is 4.41. The van der Waals surface area contributed by atoms with Crippen LogP contribution in [0.15, 0.2) is 23.3 Å². The number of rotatable bonds is 7. The van der Waals surface area contributed by atoms with E-state index in [0.29, 0.717) is 22.9 Å². The number of anilines is 1. The number of carbonyl (C=O) groups excluding carboxylic acids is 1. The number of hydrogen-bond donors (Lipinski definition) is 0. The Hall–Kier alpha value is -2.58. The fraction of sp³-hybridized carbons (Fsp3) is 0.455. The van der Waals surface area contributed by atoms with Crippen LogP contribution in [-0.4, -0.2) is 52.5 Å². The van der Waals surface area contributed by atoms with Gasteiger partial charge in [-0.05, 0) is 65.9 Å². The van der Waals surface area contributed by atoms with Crippen molar-refractivity contribution in [1.29, 1.82) is 0 Å². The summed E-state index contributed by atoms with van der Waals surface area (Å²) < 4.78 is 2.48. The van der Waals surface area contributed by atoms with Gasteiger partial charge in [-0.25, -0.2) is 9.97 Å². The Kier molecular flexibility index (Phi) is 6.67. The van der Waals surface area contributed by atoms with Crippen molar-refractivity contribution >= 4 is 32.6 Å². The molecule has 0 spiro atoms. The lowest BCUT2D eigenvalue weighted by atomic mass is 10.1. The maximum atomic E-state index is 13.3. The minimum absolute atomic E-state index is 0.0528. The molecule has 3 aromatic rings. The van der Waals surface area contributed by atoms with Crippen molar-refractivity contribution in [2.75, 3.05) is 32.1 Å². The first-order valence-corrected chi connectivity index (χ1v) is 10.8. The Morgan fingerprint density at radius 2 is 1.80 bits per heavy atom. The van der Waals surface area contributed by atoms with E-state index in [2.05, 4.69) is 28.9 Å². The van der Waals surface area contributed by atoms with Gasteiger partial charge >= 0.3 is 0 Å². The highest BCUT2D eigenvalue weighted by molar-refractivity contribution is 7.22. The summed E-state index contributed by atoms with van der Waals surface area (Å²) in [4.78, 5) is 38.7. The molecule has 2 aromatic heterocycles. The molecule has 0 radical (unpaired) electrons. The number of benzene rings is 1. The molecule has 0 aliphatic rings. The van der Waals surface area contributed by atoms with Gasteiger partial charge < -0.3 is 4.90 Å². The molecule has 0 saturated heterocycles. The minimum Gasteiger partial charge on any atom is -0.309 e. The lowest BCUT2D eigenvalue weighted by molar-refractivity contribution is -0.119. The summed E-state index contributed by atoms with van der Waals surface area (Å²) in [6, 6.07) is 4.14. The molecule has 0 aliphatic carbocycles. The molecule has 0 aliphatic heterocycles. The smallest absolute Gasteiger partial charge is 0.256 e. The Balaban J connectivity index is 1.95. The molecule has 30 heavy (non-hydrogen) atoms. The number of thiazole rings is 1. The van der Waals surface area contributed by atoms with E-state index in [4.69, 9.17) is 4.98 Å². The van der Waals surface area contributed by atoms with Crippen LogP contribution in [0.1, 0.15) is 28.8 Å². The largest absolute Gasteiger partial charge is 0.309 e. The van der Waals surface area contributed by atoms with E-state index < -0.39 is 0 Å². The number of nitrogens with zero attached hydrogens (tertiary/aromatic N) is 5. The second-order valence-corrected chi connectivity index (χ2v) is 8.94. The Labute approximate surface area is 181 Å². The summed E-state index contributed by atoms with van der Waals surface area (Å²) in [5, 5.41) is 0.677. The third kappa shape index (κ3) is 4.60. The standard InChI is InChI=1S/C22H29N5O2S/c1-14-8-9-15(2)20-19(14)24-22(30-20)27(11-7-10-25(5)6)18(28)12-26-13-23-17(4)16(3)21(26)29/h8-9,13H,7,10-12H2,1-6H3. The van der Waals surface area contributed by atoms with E-state index in [9.17, 15) is 9.59 Å². The van der Waals surface area contributed by atoms with Crippen molar-refractivity contribution in [3.8, 4) is 0 Å². The second-order valence-electron chi connectivity index (χ2n) is 7.96. The van der Waals surface area contributed by atoms with E-state index in [1.807, 2.05) is 21.0 Å². The molecule has 0 bridgehead atoms. The van der Waals surface area contributed by atoms with Crippen LogP contribution in [0, 0.1) is 27.7 Å². The number of fused-ring (bicyclic) bond motifs is 1. The van der Waals surface area contributed by atoms with Crippen LogP contribution in [0.4, 0.5) is 5.13 Å². The van der Waals surface area contributed by atoms with Gasteiger partial charge in [0.05, 0.1) is 16.5 Å². The normalized spacial score (nSPS) is 11.4. The first-order valence-electron chi connectivity index (χ1n) is 10.0. The van der Waals surface area contributed by atoms with Crippen molar-refractivity contribution in [1.82, 2.24) is 19.4 Å². The molecule has 0 N–H and O–H groups in total. The zero-order chi connectivity index (χ0) is 22.0. The molecule has 2 heterocycles. The quantitative estimate of drug-likeness (QED) is 0.580. The molecule has 0 fully saturated rings. The highest BCUT2D eigenvalue weighted by atomic mass is 32.1. The van der Waals surface area contributed by atoms with Crippen LogP contribution >= 0.6 is 11.3 Å². The van der Waals surface area contributed by atoms with Crippen LogP contribution < -0.4 is 10.5 Å².